The largest absolute Gasteiger partial charge is 0.355 e. The lowest BCUT2D eigenvalue weighted by molar-refractivity contribution is -0.124. The van der Waals surface area contributed by atoms with Crippen LogP contribution in [0.25, 0.3) is 0 Å². The molecule has 1 aliphatic heterocycles. The fourth-order valence-corrected chi connectivity index (χ4v) is 2.93. The number of carbonyl (C=O) groups is 3. The Hall–Kier alpha value is -3.68. The Balaban J connectivity index is 1.72. The van der Waals surface area contributed by atoms with Crippen molar-refractivity contribution in [1.82, 2.24) is 15.6 Å². The molecule has 1 heterocycles. The van der Waals surface area contributed by atoms with Gasteiger partial charge in [0.15, 0.2) is 0 Å². The number of nitrogens with zero attached hydrogens (tertiary/aromatic N) is 3. The molecule has 3 amide bonds. The monoisotopic (exact) mass is 393 g/mol. The van der Waals surface area contributed by atoms with E-state index in [9.17, 15) is 14.4 Å². The first-order valence-corrected chi connectivity index (χ1v) is 9.20. The quantitative estimate of drug-likeness (QED) is 0.802. The van der Waals surface area contributed by atoms with Gasteiger partial charge in [0.1, 0.15) is 6.04 Å². The summed E-state index contributed by atoms with van der Waals surface area (Å²) in [5.41, 5.74) is 4.89. The van der Waals surface area contributed by atoms with Gasteiger partial charge in [0.05, 0.1) is 5.69 Å². The van der Waals surface area contributed by atoms with E-state index in [0.29, 0.717) is 17.8 Å². The second-order valence-corrected chi connectivity index (χ2v) is 6.71. The molecule has 0 radical (unpaired) electrons. The molecule has 1 unspecified atom stereocenters. The first-order valence-electron chi connectivity index (χ1n) is 9.20. The molecule has 2 aromatic carbocycles. The van der Waals surface area contributed by atoms with Crippen LogP contribution in [0.1, 0.15) is 22.8 Å². The molecule has 0 spiro atoms. The summed E-state index contributed by atoms with van der Waals surface area (Å²) in [5.74, 6) is -0.632. The van der Waals surface area contributed by atoms with Crippen LogP contribution in [0, 0.1) is 0 Å². The van der Waals surface area contributed by atoms with E-state index in [1.54, 1.807) is 57.4 Å². The maximum atomic E-state index is 12.9. The fourth-order valence-electron chi connectivity index (χ4n) is 2.93. The molecule has 0 aromatic heterocycles. The lowest BCUT2D eigenvalue weighted by Crippen LogP contribution is -2.58. The number of amidine groups is 1. The number of rotatable bonds is 5. The standard InChI is InChI=1S/C21H23N5O3/c1-14-20(28)26(17-7-5-4-6-8-17)24-18(23-14)21(29)25(3)13-15-9-11-16(12-10-15)19(27)22-2/h4-12,14H,13H2,1-3H3,(H,22,27)(H,23,24). The molecular weight excluding hydrogens is 370 g/mol. The Labute approximate surface area is 169 Å². The van der Waals surface area contributed by atoms with Gasteiger partial charge >= 0.3 is 0 Å². The summed E-state index contributed by atoms with van der Waals surface area (Å²) in [4.78, 5) is 42.7. The van der Waals surface area contributed by atoms with E-state index in [1.165, 1.54) is 9.91 Å². The SMILES string of the molecule is CNC(=O)c1ccc(CN(C)C(=O)C2=NC(C)C(=O)N(c3ccccc3)N2)cc1. The predicted molar refractivity (Wildman–Crippen MR) is 110 cm³/mol. The number of amides is 3. The molecule has 0 aliphatic carbocycles. The summed E-state index contributed by atoms with van der Waals surface area (Å²) in [6.07, 6.45) is 0. The van der Waals surface area contributed by atoms with Crippen LogP contribution in [-0.4, -0.2) is 48.6 Å². The Morgan fingerprint density at radius 1 is 1.14 bits per heavy atom. The van der Waals surface area contributed by atoms with Crippen LogP contribution >= 0.6 is 0 Å². The lowest BCUT2D eigenvalue weighted by atomic mass is 10.1. The minimum atomic E-state index is -0.671. The number of anilines is 1. The van der Waals surface area contributed by atoms with Crippen LogP contribution in [0.5, 0.6) is 0 Å². The summed E-state index contributed by atoms with van der Waals surface area (Å²) in [7, 11) is 3.23. The first-order chi connectivity index (χ1) is 13.9. The number of benzene rings is 2. The van der Waals surface area contributed by atoms with Gasteiger partial charge in [0, 0.05) is 26.2 Å². The molecule has 8 nitrogen and oxygen atoms in total. The highest BCUT2D eigenvalue weighted by atomic mass is 16.2. The number of hydrogen-bond acceptors (Lipinski definition) is 5. The third-order valence-electron chi connectivity index (χ3n) is 4.54. The molecule has 2 N–H and O–H groups in total. The van der Waals surface area contributed by atoms with E-state index >= 15 is 0 Å². The molecule has 0 saturated carbocycles. The average Bonchev–Trinajstić information content (AvgIpc) is 2.75. The molecular formula is C21H23N5O3. The van der Waals surface area contributed by atoms with Gasteiger partial charge in [0.25, 0.3) is 17.7 Å². The second kappa shape index (κ2) is 8.55. The van der Waals surface area contributed by atoms with Gasteiger partial charge in [-0.05, 0) is 36.8 Å². The highest BCUT2D eigenvalue weighted by Gasteiger charge is 2.31. The Kier molecular flexibility index (Phi) is 5.92. The van der Waals surface area contributed by atoms with Crippen molar-refractivity contribution in [2.45, 2.75) is 19.5 Å². The third kappa shape index (κ3) is 4.43. The Bertz CT molecular complexity index is 941. The van der Waals surface area contributed by atoms with Crippen molar-refractivity contribution in [3.05, 3.63) is 65.7 Å². The number of aliphatic imine (C=N–C) groups is 1. The number of likely N-dealkylation sites (N-methyl/N-ethyl adjacent to an activating group) is 1. The van der Waals surface area contributed by atoms with E-state index in [4.69, 9.17) is 0 Å². The number of hydrogen-bond donors (Lipinski definition) is 2. The third-order valence-corrected chi connectivity index (χ3v) is 4.54. The molecule has 150 valence electrons. The van der Waals surface area contributed by atoms with Crippen LogP contribution in [0.4, 0.5) is 5.69 Å². The molecule has 0 bridgehead atoms. The normalized spacial score (nSPS) is 16.0. The van der Waals surface area contributed by atoms with Crippen molar-refractivity contribution in [3.8, 4) is 0 Å². The van der Waals surface area contributed by atoms with Gasteiger partial charge in [-0.1, -0.05) is 30.3 Å². The Morgan fingerprint density at radius 2 is 1.79 bits per heavy atom. The van der Waals surface area contributed by atoms with Gasteiger partial charge < -0.3 is 10.2 Å². The van der Waals surface area contributed by atoms with Crippen molar-refractivity contribution in [2.75, 3.05) is 19.1 Å². The molecule has 2 aromatic rings. The second-order valence-electron chi connectivity index (χ2n) is 6.71. The van der Waals surface area contributed by atoms with Gasteiger partial charge in [-0.3, -0.25) is 19.8 Å². The lowest BCUT2D eigenvalue weighted by Gasteiger charge is -2.31. The molecule has 1 aliphatic rings. The van der Waals surface area contributed by atoms with Crippen molar-refractivity contribution in [1.29, 1.82) is 0 Å². The van der Waals surface area contributed by atoms with Crippen molar-refractivity contribution >= 4 is 29.2 Å². The number of para-hydroxylation sites is 1. The molecule has 0 saturated heterocycles. The molecule has 8 heteroatoms. The number of nitrogens with one attached hydrogen (secondary N) is 2. The van der Waals surface area contributed by atoms with Gasteiger partial charge in [0.2, 0.25) is 5.84 Å². The van der Waals surface area contributed by atoms with Crippen LogP contribution in [0.2, 0.25) is 0 Å². The first kappa shape index (κ1) is 20.1. The summed E-state index contributed by atoms with van der Waals surface area (Å²) < 4.78 is 0. The zero-order chi connectivity index (χ0) is 21.0. The highest BCUT2D eigenvalue weighted by Crippen LogP contribution is 2.16. The number of hydrazine groups is 1. The van der Waals surface area contributed by atoms with Gasteiger partial charge in [-0.15, -0.1) is 0 Å². The molecule has 29 heavy (non-hydrogen) atoms. The van der Waals surface area contributed by atoms with E-state index in [0.717, 1.165) is 5.56 Å². The molecule has 0 fully saturated rings. The minimum absolute atomic E-state index is 0.102. The maximum absolute atomic E-state index is 12.9. The average molecular weight is 393 g/mol. The van der Waals surface area contributed by atoms with Crippen molar-refractivity contribution < 1.29 is 14.4 Å². The number of carbonyl (C=O) groups excluding carboxylic acids is 3. The summed E-state index contributed by atoms with van der Waals surface area (Å²) in [6.45, 7) is 1.99. The van der Waals surface area contributed by atoms with E-state index in [2.05, 4.69) is 15.7 Å². The van der Waals surface area contributed by atoms with E-state index in [1.807, 2.05) is 18.2 Å². The fraction of sp³-hybridized carbons (Fsp3) is 0.238. The van der Waals surface area contributed by atoms with Crippen LogP contribution < -0.4 is 15.8 Å². The van der Waals surface area contributed by atoms with Crippen molar-refractivity contribution in [3.63, 3.8) is 0 Å². The smallest absolute Gasteiger partial charge is 0.290 e. The topological polar surface area (TPSA) is 94.1 Å². The maximum Gasteiger partial charge on any atom is 0.290 e. The Morgan fingerprint density at radius 3 is 2.41 bits per heavy atom. The van der Waals surface area contributed by atoms with Crippen LogP contribution in [0.3, 0.4) is 0 Å². The zero-order valence-corrected chi connectivity index (χ0v) is 16.5. The highest BCUT2D eigenvalue weighted by molar-refractivity contribution is 6.39. The van der Waals surface area contributed by atoms with Crippen LogP contribution in [-0.2, 0) is 16.1 Å². The summed E-state index contributed by atoms with van der Waals surface area (Å²) in [6, 6.07) is 15.4. The predicted octanol–water partition coefficient (Wildman–Crippen LogP) is 1.34. The summed E-state index contributed by atoms with van der Waals surface area (Å²) in [5, 5.41) is 3.91. The van der Waals surface area contributed by atoms with Crippen molar-refractivity contribution in [2.24, 2.45) is 4.99 Å². The van der Waals surface area contributed by atoms with Gasteiger partial charge in [-0.25, -0.2) is 10.0 Å². The zero-order valence-electron chi connectivity index (χ0n) is 16.5. The molecule has 3 rings (SSSR count). The summed E-state index contributed by atoms with van der Waals surface area (Å²) >= 11 is 0. The van der Waals surface area contributed by atoms with Crippen LogP contribution in [0.15, 0.2) is 59.6 Å². The van der Waals surface area contributed by atoms with E-state index in [-0.39, 0.29) is 23.6 Å². The van der Waals surface area contributed by atoms with E-state index < -0.39 is 6.04 Å². The molecule has 1 atom stereocenters. The van der Waals surface area contributed by atoms with Gasteiger partial charge in [-0.2, -0.15) is 0 Å². The minimum Gasteiger partial charge on any atom is -0.355 e.